The Morgan fingerprint density at radius 1 is 0.328 bits per heavy atom. The van der Waals surface area contributed by atoms with E-state index in [1.165, 1.54) is 108 Å². The van der Waals surface area contributed by atoms with Crippen molar-refractivity contribution in [1.82, 2.24) is 0 Å². The summed E-state index contributed by atoms with van der Waals surface area (Å²) >= 11 is 1.88. The minimum absolute atomic E-state index is 0.250. The van der Waals surface area contributed by atoms with Gasteiger partial charge in [0.25, 0.3) is 0 Å². The molecule has 0 bridgehead atoms. The maximum Gasteiger partial charge on any atom is 0.0540 e. The van der Waals surface area contributed by atoms with E-state index < -0.39 is 0 Å². The molecule has 2 heteroatoms. The quantitative estimate of drug-likeness (QED) is 0.144. The van der Waals surface area contributed by atoms with Gasteiger partial charge in [0.15, 0.2) is 0 Å². The van der Waals surface area contributed by atoms with Gasteiger partial charge in [0.05, 0.1) is 5.69 Å². The van der Waals surface area contributed by atoms with Gasteiger partial charge < -0.3 is 4.90 Å². The molecule has 12 aromatic rings. The molecule has 0 radical (unpaired) electrons. The highest BCUT2D eigenvalue weighted by molar-refractivity contribution is 7.26. The first-order valence-electron chi connectivity index (χ1n) is 23.2. The molecule has 1 heterocycles. The summed E-state index contributed by atoms with van der Waals surface area (Å²) in [4.78, 5) is 2.49. The van der Waals surface area contributed by atoms with Crippen LogP contribution < -0.4 is 4.90 Å². The Hall–Kier alpha value is -8.04. The van der Waals surface area contributed by atoms with E-state index >= 15 is 0 Å². The third-order valence-electron chi connectivity index (χ3n) is 14.3. The van der Waals surface area contributed by atoms with Crippen LogP contribution in [0.1, 0.15) is 25.0 Å². The van der Waals surface area contributed by atoms with Gasteiger partial charge in [-0.15, -0.1) is 11.3 Å². The Balaban J connectivity index is 0.963. The average Bonchev–Trinajstić information content (AvgIpc) is 3.88. The molecular weight excluding hydrogens is 827 g/mol. The number of anilines is 3. The number of hydrogen-bond acceptors (Lipinski definition) is 2. The van der Waals surface area contributed by atoms with E-state index in [4.69, 9.17) is 0 Å². The first-order chi connectivity index (χ1) is 33.0. The molecule has 0 N–H and O–H groups in total. The Labute approximate surface area is 395 Å². The second kappa shape index (κ2) is 15.6. The predicted octanol–water partition coefficient (Wildman–Crippen LogP) is 18.8. The van der Waals surface area contributed by atoms with Crippen molar-refractivity contribution in [3.8, 4) is 55.6 Å². The predicted molar refractivity (Wildman–Crippen MR) is 288 cm³/mol. The maximum absolute atomic E-state index is 2.49. The Kier molecular flexibility index (Phi) is 9.13. The number of nitrogens with zero attached hydrogens (tertiary/aromatic N) is 1. The van der Waals surface area contributed by atoms with Gasteiger partial charge in [-0.05, 0) is 131 Å². The first kappa shape index (κ1) is 39.3. The summed E-state index contributed by atoms with van der Waals surface area (Å²) in [7, 11) is 0. The van der Waals surface area contributed by atoms with Crippen molar-refractivity contribution in [2.45, 2.75) is 19.3 Å². The molecule has 0 unspecified atom stereocenters. The highest BCUT2D eigenvalue weighted by Crippen LogP contribution is 2.53. The van der Waals surface area contributed by atoms with Crippen LogP contribution >= 0.6 is 11.3 Å². The van der Waals surface area contributed by atoms with Gasteiger partial charge in [-0.1, -0.05) is 202 Å². The van der Waals surface area contributed by atoms with Crippen LogP contribution in [0, 0.1) is 0 Å². The van der Waals surface area contributed by atoms with Crippen LogP contribution in [0.15, 0.2) is 237 Å². The van der Waals surface area contributed by atoms with E-state index in [0.717, 1.165) is 17.1 Å². The molecule has 0 atom stereocenters. The van der Waals surface area contributed by atoms with Crippen molar-refractivity contribution in [3.63, 3.8) is 0 Å². The molecule has 13 rings (SSSR count). The third-order valence-corrected chi connectivity index (χ3v) is 15.5. The van der Waals surface area contributed by atoms with E-state index in [2.05, 4.69) is 255 Å². The number of thiophene rings is 1. The summed E-state index contributed by atoms with van der Waals surface area (Å²) in [5, 5.41) is 7.75. The van der Waals surface area contributed by atoms with Crippen molar-refractivity contribution < 1.29 is 0 Å². The van der Waals surface area contributed by atoms with E-state index in [9.17, 15) is 0 Å². The molecule has 1 aliphatic rings. The van der Waals surface area contributed by atoms with E-state index in [-0.39, 0.29) is 5.41 Å². The Morgan fingerprint density at radius 3 is 1.75 bits per heavy atom. The zero-order valence-corrected chi connectivity index (χ0v) is 38.2. The fourth-order valence-corrected chi connectivity index (χ4v) is 12.2. The summed E-state index contributed by atoms with van der Waals surface area (Å²) in [5.41, 5.74) is 18.2. The lowest BCUT2D eigenvalue weighted by molar-refractivity contribution is 0.660. The van der Waals surface area contributed by atoms with Crippen LogP contribution in [-0.4, -0.2) is 0 Å². The lowest BCUT2D eigenvalue weighted by Crippen LogP contribution is -2.17. The van der Waals surface area contributed by atoms with Gasteiger partial charge in [0.1, 0.15) is 0 Å². The van der Waals surface area contributed by atoms with Crippen molar-refractivity contribution in [2.24, 2.45) is 0 Å². The van der Waals surface area contributed by atoms with E-state index in [1.807, 2.05) is 11.3 Å². The molecule has 1 aromatic heterocycles. The largest absolute Gasteiger partial charge is 0.310 e. The first-order valence-corrected chi connectivity index (χ1v) is 24.1. The van der Waals surface area contributed by atoms with Crippen molar-refractivity contribution >= 4 is 70.1 Å². The lowest BCUT2D eigenvalue weighted by Gasteiger charge is -2.30. The van der Waals surface area contributed by atoms with Crippen LogP contribution in [0.5, 0.6) is 0 Å². The molecule has 0 saturated heterocycles. The molecule has 0 fully saturated rings. The van der Waals surface area contributed by atoms with Gasteiger partial charge in [-0.3, -0.25) is 0 Å². The molecule has 0 amide bonds. The monoisotopic (exact) mass is 871 g/mol. The molecule has 0 aliphatic heterocycles. The van der Waals surface area contributed by atoms with Gasteiger partial charge in [-0.25, -0.2) is 0 Å². The Morgan fingerprint density at radius 2 is 0.896 bits per heavy atom. The van der Waals surface area contributed by atoms with Crippen molar-refractivity contribution in [1.29, 1.82) is 0 Å². The molecule has 1 aliphatic carbocycles. The molecular formula is C65H45NS. The van der Waals surface area contributed by atoms with Gasteiger partial charge in [0, 0.05) is 42.5 Å². The van der Waals surface area contributed by atoms with Crippen molar-refractivity contribution in [2.75, 3.05) is 4.90 Å². The number of hydrogen-bond donors (Lipinski definition) is 0. The fraction of sp³-hybridized carbons (Fsp3) is 0.0462. The normalized spacial score (nSPS) is 12.7. The number of fused-ring (bicyclic) bond motifs is 9. The van der Waals surface area contributed by atoms with Gasteiger partial charge >= 0.3 is 0 Å². The highest BCUT2D eigenvalue weighted by atomic mass is 32.1. The van der Waals surface area contributed by atoms with E-state index in [0.29, 0.717) is 0 Å². The van der Waals surface area contributed by atoms with Crippen LogP contribution in [0.2, 0.25) is 0 Å². The van der Waals surface area contributed by atoms with Crippen molar-refractivity contribution in [3.05, 3.63) is 248 Å². The number of para-hydroxylation sites is 1. The summed E-state index contributed by atoms with van der Waals surface area (Å²) in [5.74, 6) is 0. The molecule has 11 aromatic carbocycles. The molecule has 67 heavy (non-hydrogen) atoms. The average molecular weight is 872 g/mol. The summed E-state index contributed by atoms with van der Waals surface area (Å²) < 4.78 is 2.63. The minimum Gasteiger partial charge on any atom is -0.310 e. The molecule has 0 saturated carbocycles. The molecule has 1 nitrogen and oxygen atoms in total. The fourth-order valence-electron chi connectivity index (χ4n) is 10.9. The van der Waals surface area contributed by atoms with E-state index in [1.54, 1.807) is 0 Å². The van der Waals surface area contributed by atoms with Crippen LogP contribution in [0.3, 0.4) is 0 Å². The zero-order chi connectivity index (χ0) is 44.6. The third kappa shape index (κ3) is 6.43. The minimum atomic E-state index is -0.250. The van der Waals surface area contributed by atoms with Gasteiger partial charge in [0.2, 0.25) is 0 Å². The SMILES string of the molecule is CC1(C)c2cc(-c3cc4ccccc4c4ccccc34)ccc2-c2ccc(N(c3cccc(-c4cccc5c4sc4ccccc45)c3)c3ccccc3-c3ccc(-c4ccccc4)cc3)cc21. The highest BCUT2D eigenvalue weighted by Gasteiger charge is 2.36. The summed E-state index contributed by atoms with van der Waals surface area (Å²) in [6.45, 7) is 4.81. The van der Waals surface area contributed by atoms with Crippen LogP contribution in [0.4, 0.5) is 17.1 Å². The maximum atomic E-state index is 2.49. The van der Waals surface area contributed by atoms with Crippen LogP contribution in [-0.2, 0) is 5.41 Å². The smallest absolute Gasteiger partial charge is 0.0540 e. The second-order valence-corrected chi connectivity index (χ2v) is 19.5. The number of rotatable bonds is 7. The molecule has 0 spiro atoms. The zero-order valence-electron chi connectivity index (χ0n) is 37.4. The number of benzene rings is 11. The lowest BCUT2D eigenvalue weighted by atomic mass is 9.81. The summed E-state index contributed by atoms with van der Waals surface area (Å²) in [6, 6.07) is 87.7. The molecule has 316 valence electrons. The standard InChI is InChI=1S/C65H45NS/c1-65(2)60-40-47(59-39-46-18-6-7-21-50(46)53-23-8-9-24-54(53)59)34-36-55(60)56-37-35-49(41-61(56)65)66(62-28-12-10-22-51(62)44-32-30-43(31-33-44)42-16-4-3-5-17-42)48-20-14-19-45(38-48)52-26-15-27-58-57-25-11-13-29-63(57)67-64(52)58/h3-41H,1-2H3. The topological polar surface area (TPSA) is 3.24 Å². The second-order valence-electron chi connectivity index (χ2n) is 18.4. The summed E-state index contributed by atoms with van der Waals surface area (Å²) in [6.07, 6.45) is 0. The Bertz CT molecular complexity index is 3890. The van der Waals surface area contributed by atoms with Crippen LogP contribution in [0.25, 0.3) is 97.4 Å². The van der Waals surface area contributed by atoms with Gasteiger partial charge in [-0.2, -0.15) is 0 Å².